The van der Waals surface area contributed by atoms with E-state index < -0.39 is 197 Å². The van der Waals surface area contributed by atoms with E-state index in [4.69, 9.17) is 11.1 Å². The number of carboxylic acids is 1. The van der Waals surface area contributed by atoms with Crippen LogP contribution in [0.25, 0.3) is 21.5 Å². The Balaban J connectivity index is 0.925. The summed E-state index contributed by atoms with van der Waals surface area (Å²) in [6.45, 7) is 9.05. The number of benzene rings is 5. The van der Waals surface area contributed by atoms with Gasteiger partial charge >= 0.3 is 5.97 Å². The lowest BCUT2D eigenvalue weighted by Crippen LogP contribution is -2.60. The number of nitrogens with two attached hydrogens (primary N) is 1. The van der Waals surface area contributed by atoms with Crippen molar-refractivity contribution in [2.75, 3.05) is 67.7 Å². The molecule has 4 aliphatic heterocycles. The quantitative estimate of drug-likeness (QED) is 0.00650. The zero-order valence-corrected chi connectivity index (χ0v) is 75.1. The van der Waals surface area contributed by atoms with Crippen molar-refractivity contribution in [3.8, 4) is 0 Å². The van der Waals surface area contributed by atoms with Gasteiger partial charge in [-0.3, -0.25) is 76.4 Å². The van der Waals surface area contributed by atoms with Crippen LogP contribution in [0.4, 0.5) is 11.4 Å². The van der Waals surface area contributed by atoms with E-state index in [1.165, 1.54) is 19.2 Å². The number of likely N-dealkylation sites (N-methyl/N-ethyl adjacent to an activating group) is 1. The molecule has 4 aliphatic rings. The predicted octanol–water partition coefficient (Wildman–Crippen LogP) is 2.40. The molecule has 126 heavy (non-hydrogen) atoms. The van der Waals surface area contributed by atoms with Gasteiger partial charge in [-0.1, -0.05) is 96.5 Å². The molecule has 4 heterocycles. The summed E-state index contributed by atoms with van der Waals surface area (Å²) < 4.78 is 145. The second-order valence-corrected chi connectivity index (χ2v) is 40.3. The average Bonchev–Trinajstić information content (AvgIpc) is 1.55. The number of hydrogen-bond donors (Lipinski definition) is 18. The van der Waals surface area contributed by atoms with E-state index in [0.717, 1.165) is 45.5 Å². The summed E-state index contributed by atoms with van der Waals surface area (Å²) >= 11 is 0.888. The Morgan fingerprint density at radius 1 is 0.587 bits per heavy atom. The fraction of sp³-hybridized carbons (Fsp3) is 0.438. The maximum absolute atomic E-state index is 14.8. The number of unbranched alkanes of at least 4 members (excludes halogenated alkanes) is 3. The number of guanidine groups is 1. The highest BCUT2D eigenvalue weighted by Gasteiger charge is 2.47. The van der Waals surface area contributed by atoms with Gasteiger partial charge in [0.15, 0.2) is 11.7 Å². The minimum absolute atomic E-state index is 0.0102. The second kappa shape index (κ2) is 42.8. The summed E-state index contributed by atoms with van der Waals surface area (Å²) in [6.07, 6.45) is 9.06. The molecule has 0 spiro atoms. The van der Waals surface area contributed by atoms with Crippen LogP contribution in [-0.4, -0.2) is 243 Å². The molecule has 682 valence electrons. The first-order valence-corrected chi connectivity index (χ1v) is 49.3. The largest absolute Gasteiger partial charge is 0.481 e. The highest BCUT2D eigenvalue weighted by molar-refractivity contribution is 8.76. The van der Waals surface area contributed by atoms with Crippen molar-refractivity contribution in [1.29, 1.82) is 5.41 Å². The number of fused-ring (bicyclic) bond motifs is 11. The second-order valence-electron chi connectivity index (χ2n) is 31.1. The van der Waals surface area contributed by atoms with Gasteiger partial charge in [-0.05, 0) is 130 Å². The van der Waals surface area contributed by atoms with Gasteiger partial charge in [-0.25, -0.2) is 0 Å². The molecule has 2 saturated heterocycles. The Labute approximate surface area is 739 Å². The number of aliphatic carboxylic acids is 1. The Hall–Kier alpha value is -10.6. The molecule has 2 bridgehead atoms. The van der Waals surface area contributed by atoms with E-state index in [2.05, 4.69) is 58.5 Å². The standard InChI is InChI=1S/C80H101N15O24S7/c1-7-94-59-29-27-48-50(35-46(123(108,109)110)37-61(48)125(114,115)116)69(59)79(2,3)63(94)24-13-9-14-25-64-80(4,5)70-51-36-47(124(111,112)113)38-62(126(117,118)119)49(51)28-30-60(70)95(64)33-18-10-15-26-65(96)84-31-17-16-22-53-73(103)92-57-42-121-122-43-58(77(107)90-54(34-45-20-11-8-12-21-45)74(104)91-56(71(101)83-6)41-120-44-67(98)87-53)93-75(105)55(39-68(99)100)88-66(97)40-86-72(102)52(89-76(57)106)23-19-32-85-78(81)82/h8-9,11-14,20-21,24-25,27-30,35-38,52-58H,7,10,15-19,22-23,26,31-34,39-44H2,1-6H3,(H18-,81,82,83,84,85,86,87,88,89,90,91,92,93,96,97,98,99,100,101,102,103,104,105,106,107,108,109,110,111,112,113,114,115,116,117,118,119)/p+1/t52-,53-,54-,55-,56-,57-,58-/m0/s1. The van der Waals surface area contributed by atoms with Crippen LogP contribution in [0, 0.1) is 5.41 Å². The number of carbonyl (C=O) groups excluding carboxylic acids is 10. The average molecular weight is 1880 g/mol. The van der Waals surface area contributed by atoms with Gasteiger partial charge in [-0.15, -0.1) is 11.8 Å². The number of amides is 10. The Morgan fingerprint density at radius 2 is 1.15 bits per heavy atom. The van der Waals surface area contributed by atoms with E-state index in [0.29, 0.717) is 77.4 Å². The van der Waals surface area contributed by atoms with Gasteiger partial charge in [0, 0.05) is 102 Å². The fourth-order valence-electron chi connectivity index (χ4n) is 15.3. The van der Waals surface area contributed by atoms with E-state index in [9.17, 15) is 110 Å². The number of carbonyl (C=O) groups is 11. The van der Waals surface area contributed by atoms with Gasteiger partial charge in [0.2, 0.25) is 64.8 Å². The van der Waals surface area contributed by atoms with Gasteiger partial charge in [0.25, 0.3) is 40.5 Å². The molecule has 0 saturated carbocycles. The van der Waals surface area contributed by atoms with Crippen molar-refractivity contribution in [2.24, 2.45) is 5.73 Å². The first-order valence-electron chi connectivity index (χ1n) is 39.9. The maximum Gasteiger partial charge on any atom is 0.305 e. The molecular weight excluding hydrogens is 1780 g/mol. The highest BCUT2D eigenvalue weighted by Crippen LogP contribution is 2.52. The molecule has 0 aromatic heterocycles. The predicted molar refractivity (Wildman–Crippen MR) is 472 cm³/mol. The molecule has 0 unspecified atom stereocenters. The molecule has 5 aromatic carbocycles. The molecule has 7 atom stereocenters. The van der Waals surface area contributed by atoms with Crippen LogP contribution in [0.5, 0.6) is 0 Å². The fourth-order valence-corrected chi connectivity index (χ4v) is 21.2. The van der Waals surface area contributed by atoms with Gasteiger partial charge in [-0.2, -0.15) is 38.2 Å². The van der Waals surface area contributed by atoms with Crippen LogP contribution >= 0.6 is 33.3 Å². The highest BCUT2D eigenvalue weighted by atomic mass is 33.1. The zero-order chi connectivity index (χ0) is 92.6. The minimum Gasteiger partial charge on any atom is -0.481 e. The number of nitrogens with one attached hydrogen (secondary N) is 12. The SMILES string of the molecule is CC[N+]1=C(/C=C/C=C/C=C2/N(CCCCCC(=O)NCCCC[C@@H]3NC(=O)CSC[C@@H](C(=O)NC)NC(=O)[C@H](Cc4ccccc4)NC(=O)[C@@H]4CSSC[C@H](NC3=O)C(=O)N[C@@H](CCCNC(=N)N)C(=O)NCC(=O)N[C@@H](CC(=O)O)C(=O)N4)c3ccc4c(S(=O)(=O)O)cc(S(=O)(=O)O)cc4c3C2(C)C)C(C)(C)c2c1ccc1c(S(=O)(=O)O)cc(S(=O)(=O)O)cc21. The van der Waals surface area contributed by atoms with Crippen LogP contribution in [0.1, 0.15) is 116 Å². The van der Waals surface area contributed by atoms with Crippen molar-refractivity contribution < 1.29 is 114 Å². The maximum atomic E-state index is 14.8. The number of rotatable bonds is 28. The molecule has 46 heteroatoms. The lowest BCUT2D eigenvalue weighted by molar-refractivity contribution is -0.433. The van der Waals surface area contributed by atoms with E-state index in [-0.39, 0.29) is 109 Å². The summed E-state index contributed by atoms with van der Waals surface area (Å²) in [6, 6.07) is 7.44. The zero-order valence-electron chi connectivity index (χ0n) is 69.4. The molecule has 10 amide bonds. The molecule has 0 radical (unpaired) electrons. The van der Waals surface area contributed by atoms with Crippen LogP contribution in [0.3, 0.4) is 0 Å². The Bertz CT molecular complexity index is 5720. The summed E-state index contributed by atoms with van der Waals surface area (Å²) in [7, 11) is -17.1. The summed E-state index contributed by atoms with van der Waals surface area (Å²) in [4.78, 5) is 152. The number of allylic oxidation sites excluding steroid dienone is 6. The van der Waals surface area contributed by atoms with Crippen LogP contribution < -0.4 is 69.1 Å². The number of anilines is 1. The molecule has 2 fully saturated rings. The van der Waals surface area contributed by atoms with Crippen molar-refractivity contribution in [3.63, 3.8) is 0 Å². The Kier molecular flexibility index (Phi) is 33.7. The van der Waals surface area contributed by atoms with E-state index >= 15 is 0 Å². The van der Waals surface area contributed by atoms with E-state index in [1.807, 2.05) is 44.1 Å². The van der Waals surface area contributed by atoms with Crippen LogP contribution in [-0.2, 0) is 110 Å². The molecule has 19 N–H and O–H groups in total. The Morgan fingerprint density at radius 3 is 1.74 bits per heavy atom. The van der Waals surface area contributed by atoms with Crippen molar-refractivity contribution in [1.82, 2.24) is 58.5 Å². The van der Waals surface area contributed by atoms with Crippen molar-refractivity contribution >= 4 is 183 Å². The third-order valence-electron chi connectivity index (χ3n) is 21.4. The summed E-state index contributed by atoms with van der Waals surface area (Å²) in [5.74, 6) is -12.0. The van der Waals surface area contributed by atoms with Gasteiger partial charge in [0.05, 0.1) is 33.9 Å². The minimum atomic E-state index is -5.11. The molecule has 39 nitrogen and oxygen atoms in total. The first-order chi connectivity index (χ1) is 59.2. The summed E-state index contributed by atoms with van der Waals surface area (Å²) in [5.41, 5.74) is 7.32. The third-order valence-corrected chi connectivity index (χ3v) is 28.3. The van der Waals surface area contributed by atoms with Crippen molar-refractivity contribution in [3.05, 3.63) is 132 Å². The first kappa shape index (κ1) is 99.2. The number of hydrogen-bond acceptors (Lipinski definition) is 24. The topological polar surface area (TPSA) is 614 Å². The van der Waals surface area contributed by atoms with Gasteiger partial charge in [0.1, 0.15) is 58.6 Å². The summed E-state index contributed by atoms with van der Waals surface area (Å²) in [5, 5.41) is 45.9. The third kappa shape index (κ3) is 25.7. The molecular formula is C80H102N15O24S7+. The normalized spacial score (nSPS) is 21.4. The number of thioether (sulfide) groups is 1. The van der Waals surface area contributed by atoms with Crippen molar-refractivity contribution in [2.45, 2.75) is 178 Å². The van der Waals surface area contributed by atoms with Gasteiger partial charge < -0.3 is 74.2 Å². The molecule has 0 aliphatic carbocycles. The lowest BCUT2D eigenvalue weighted by atomic mass is 9.79. The molecule has 5 aromatic rings. The lowest BCUT2D eigenvalue weighted by Gasteiger charge is -2.27. The molecule has 9 rings (SSSR count). The van der Waals surface area contributed by atoms with E-state index in [1.54, 1.807) is 72.8 Å². The van der Waals surface area contributed by atoms with Crippen LogP contribution in [0.2, 0.25) is 0 Å². The number of nitrogens with zero attached hydrogens (tertiary/aromatic N) is 2. The van der Waals surface area contributed by atoms with Crippen LogP contribution in [0.15, 0.2) is 135 Å². The smallest absolute Gasteiger partial charge is 0.305 e. The number of carboxylic acid groups (broad SMARTS) is 1. The monoisotopic (exact) mass is 1880 g/mol.